The average Bonchev–Trinajstić information content (AvgIpc) is 2.49. The van der Waals surface area contributed by atoms with Gasteiger partial charge in [0.2, 0.25) is 0 Å². The molecule has 1 aliphatic carbocycles. The standard InChI is InChI=1S/C11H22O2/c1-2-3-4-7-11(9-12)8-5-6-10(11)13/h10,12-13H,2-9H2,1H3. The van der Waals surface area contributed by atoms with E-state index in [1.165, 1.54) is 12.8 Å². The van der Waals surface area contributed by atoms with E-state index >= 15 is 0 Å². The number of aliphatic hydroxyl groups is 2. The third-order valence-electron chi connectivity index (χ3n) is 3.45. The average molecular weight is 186 g/mol. The SMILES string of the molecule is CCCCCC1(CO)CCCC1O. The molecule has 2 atom stereocenters. The third-order valence-corrected chi connectivity index (χ3v) is 3.45. The maximum Gasteiger partial charge on any atom is 0.0618 e. The van der Waals surface area contributed by atoms with Gasteiger partial charge in [-0.2, -0.15) is 0 Å². The van der Waals surface area contributed by atoms with E-state index in [-0.39, 0.29) is 18.1 Å². The Morgan fingerprint density at radius 3 is 2.62 bits per heavy atom. The molecule has 0 spiro atoms. The second kappa shape index (κ2) is 4.97. The molecule has 13 heavy (non-hydrogen) atoms. The summed E-state index contributed by atoms with van der Waals surface area (Å²) in [6.45, 7) is 2.34. The van der Waals surface area contributed by atoms with E-state index in [1.54, 1.807) is 0 Å². The predicted molar refractivity (Wildman–Crippen MR) is 53.5 cm³/mol. The summed E-state index contributed by atoms with van der Waals surface area (Å²) in [6, 6.07) is 0. The molecular weight excluding hydrogens is 164 g/mol. The molecule has 0 heterocycles. The summed E-state index contributed by atoms with van der Waals surface area (Å²) in [5.41, 5.74) is -0.144. The first-order chi connectivity index (χ1) is 6.25. The summed E-state index contributed by atoms with van der Waals surface area (Å²) in [5.74, 6) is 0. The quantitative estimate of drug-likeness (QED) is 0.645. The molecule has 0 saturated heterocycles. The fourth-order valence-corrected chi connectivity index (χ4v) is 2.40. The molecule has 0 amide bonds. The fourth-order valence-electron chi connectivity index (χ4n) is 2.40. The van der Waals surface area contributed by atoms with Crippen molar-refractivity contribution in [3.63, 3.8) is 0 Å². The Labute approximate surface area is 81.0 Å². The first-order valence-corrected chi connectivity index (χ1v) is 5.54. The van der Waals surface area contributed by atoms with Crippen LogP contribution in [0.25, 0.3) is 0 Å². The molecule has 2 heteroatoms. The zero-order valence-corrected chi connectivity index (χ0v) is 8.63. The molecule has 2 N–H and O–H groups in total. The van der Waals surface area contributed by atoms with Crippen LogP contribution in [0, 0.1) is 5.41 Å². The normalized spacial score (nSPS) is 33.9. The van der Waals surface area contributed by atoms with Crippen molar-refractivity contribution in [2.75, 3.05) is 6.61 Å². The number of rotatable bonds is 5. The van der Waals surface area contributed by atoms with E-state index < -0.39 is 0 Å². The lowest BCUT2D eigenvalue weighted by atomic mass is 9.80. The van der Waals surface area contributed by atoms with Crippen molar-refractivity contribution < 1.29 is 10.2 Å². The molecule has 0 radical (unpaired) electrons. The minimum atomic E-state index is -0.255. The van der Waals surface area contributed by atoms with Crippen LogP contribution >= 0.6 is 0 Å². The number of unbranched alkanes of at least 4 members (excludes halogenated alkanes) is 2. The van der Waals surface area contributed by atoms with Crippen molar-refractivity contribution in [2.24, 2.45) is 5.41 Å². The number of hydrogen-bond donors (Lipinski definition) is 2. The Morgan fingerprint density at radius 2 is 2.15 bits per heavy atom. The van der Waals surface area contributed by atoms with Crippen molar-refractivity contribution in [1.82, 2.24) is 0 Å². The molecule has 0 aromatic carbocycles. The predicted octanol–water partition coefficient (Wildman–Crippen LogP) is 2.09. The van der Waals surface area contributed by atoms with Gasteiger partial charge in [-0.05, 0) is 19.3 Å². The Kier molecular flexibility index (Phi) is 4.20. The van der Waals surface area contributed by atoms with Crippen molar-refractivity contribution in [1.29, 1.82) is 0 Å². The first-order valence-electron chi connectivity index (χ1n) is 5.54. The van der Waals surface area contributed by atoms with Gasteiger partial charge in [-0.25, -0.2) is 0 Å². The summed E-state index contributed by atoms with van der Waals surface area (Å²) in [5, 5.41) is 19.1. The lowest BCUT2D eigenvalue weighted by Gasteiger charge is -2.30. The maximum atomic E-state index is 9.78. The van der Waals surface area contributed by atoms with Gasteiger partial charge >= 0.3 is 0 Å². The van der Waals surface area contributed by atoms with Crippen molar-refractivity contribution in [2.45, 2.75) is 58.0 Å². The Bertz CT molecular complexity index is 147. The molecule has 1 rings (SSSR count). The molecule has 1 saturated carbocycles. The van der Waals surface area contributed by atoms with Crippen molar-refractivity contribution in [3.8, 4) is 0 Å². The monoisotopic (exact) mass is 186 g/mol. The van der Waals surface area contributed by atoms with Crippen LogP contribution in [0.1, 0.15) is 51.9 Å². The lowest BCUT2D eigenvalue weighted by Crippen LogP contribution is -2.33. The summed E-state index contributed by atoms with van der Waals surface area (Å²) in [4.78, 5) is 0. The molecule has 0 bridgehead atoms. The van der Waals surface area contributed by atoms with E-state index in [1.807, 2.05) is 0 Å². The van der Waals surface area contributed by atoms with Gasteiger partial charge in [0.25, 0.3) is 0 Å². The highest BCUT2D eigenvalue weighted by atomic mass is 16.3. The Morgan fingerprint density at radius 1 is 1.38 bits per heavy atom. The topological polar surface area (TPSA) is 40.5 Å². The van der Waals surface area contributed by atoms with E-state index in [0.29, 0.717) is 0 Å². The van der Waals surface area contributed by atoms with Crippen LogP contribution in [0.3, 0.4) is 0 Å². The third kappa shape index (κ3) is 2.44. The zero-order chi connectivity index (χ0) is 9.73. The summed E-state index contributed by atoms with van der Waals surface area (Å²) in [7, 11) is 0. The highest BCUT2D eigenvalue weighted by Gasteiger charge is 2.40. The van der Waals surface area contributed by atoms with Crippen LogP contribution in [0.4, 0.5) is 0 Å². The van der Waals surface area contributed by atoms with Gasteiger partial charge in [-0.1, -0.05) is 32.6 Å². The Balaban J connectivity index is 2.39. The fraction of sp³-hybridized carbons (Fsp3) is 1.00. The smallest absolute Gasteiger partial charge is 0.0618 e. The van der Waals surface area contributed by atoms with E-state index in [9.17, 15) is 10.2 Å². The molecule has 0 aromatic rings. The molecule has 0 aliphatic heterocycles. The summed E-state index contributed by atoms with van der Waals surface area (Å²) >= 11 is 0. The summed E-state index contributed by atoms with van der Waals surface area (Å²) < 4.78 is 0. The van der Waals surface area contributed by atoms with Gasteiger partial charge in [0, 0.05) is 5.41 Å². The van der Waals surface area contributed by atoms with Crippen LogP contribution in [0.15, 0.2) is 0 Å². The molecule has 1 aliphatic rings. The number of hydrogen-bond acceptors (Lipinski definition) is 2. The zero-order valence-electron chi connectivity index (χ0n) is 8.63. The number of aliphatic hydroxyl groups excluding tert-OH is 2. The van der Waals surface area contributed by atoms with Gasteiger partial charge < -0.3 is 10.2 Å². The van der Waals surface area contributed by atoms with Gasteiger partial charge in [0.1, 0.15) is 0 Å². The van der Waals surface area contributed by atoms with Gasteiger partial charge in [0.15, 0.2) is 0 Å². The van der Waals surface area contributed by atoms with E-state index in [0.717, 1.165) is 32.1 Å². The van der Waals surface area contributed by atoms with E-state index in [4.69, 9.17) is 0 Å². The minimum absolute atomic E-state index is 0.144. The lowest BCUT2D eigenvalue weighted by molar-refractivity contribution is -0.00126. The van der Waals surface area contributed by atoms with Gasteiger partial charge in [-0.3, -0.25) is 0 Å². The second-order valence-corrected chi connectivity index (χ2v) is 4.39. The molecular formula is C11H22O2. The van der Waals surface area contributed by atoms with Gasteiger partial charge in [-0.15, -0.1) is 0 Å². The second-order valence-electron chi connectivity index (χ2n) is 4.39. The van der Waals surface area contributed by atoms with Crippen LogP contribution in [-0.2, 0) is 0 Å². The molecule has 2 unspecified atom stereocenters. The minimum Gasteiger partial charge on any atom is -0.396 e. The molecule has 2 nitrogen and oxygen atoms in total. The van der Waals surface area contributed by atoms with Crippen molar-refractivity contribution >= 4 is 0 Å². The van der Waals surface area contributed by atoms with E-state index in [2.05, 4.69) is 6.92 Å². The Hall–Kier alpha value is -0.0800. The van der Waals surface area contributed by atoms with Gasteiger partial charge in [0.05, 0.1) is 12.7 Å². The maximum absolute atomic E-state index is 9.78. The molecule has 0 aromatic heterocycles. The van der Waals surface area contributed by atoms with Crippen LogP contribution in [0.5, 0.6) is 0 Å². The van der Waals surface area contributed by atoms with Crippen molar-refractivity contribution in [3.05, 3.63) is 0 Å². The largest absolute Gasteiger partial charge is 0.396 e. The summed E-state index contributed by atoms with van der Waals surface area (Å²) in [6.07, 6.45) is 7.28. The molecule has 1 fully saturated rings. The molecule has 78 valence electrons. The highest BCUT2D eigenvalue weighted by molar-refractivity contribution is 4.91. The van der Waals surface area contributed by atoms with Crippen LogP contribution in [-0.4, -0.2) is 22.9 Å². The van der Waals surface area contributed by atoms with Crippen LogP contribution in [0.2, 0.25) is 0 Å². The first kappa shape index (κ1) is 11.0. The highest BCUT2D eigenvalue weighted by Crippen LogP contribution is 2.42. The van der Waals surface area contributed by atoms with Crippen LogP contribution < -0.4 is 0 Å².